The van der Waals surface area contributed by atoms with Gasteiger partial charge in [0.1, 0.15) is 0 Å². The Morgan fingerprint density at radius 1 is 0.690 bits per heavy atom. The van der Waals surface area contributed by atoms with Crippen LogP contribution in [0.25, 0.3) is 0 Å². The highest BCUT2D eigenvalue weighted by Gasteiger charge is 2.32. The maximum Gasteiger partial charge on any atom is 0.243 e. The van der Waals surface area contributed by atoms with E-state index in [0.29, 0.717) is 18.0 Å². The Balaban J connectivity index is 1.60. The van der Waals surface area contributed by atoms with Gasteiger partial charge < -0.3 is 9.64 Å². The van der Waals surface area contributed by atoms with Crippen molar-refractivity contribution in [3.63, 3.8) is 0 Å². The average molecular weight is 424 g/mol. The van der Waals surface area contributed by atoms with Gasteiger partial charge in [0, 0.05) is 39.3 Å². The maximum absolute atomic E-state index is 13.5. The van der Waals surface area contributed by atoms with Crippen LogP contribution >= 0.6 is 0 Å². The summed E-state index contributed by atoms with van der Waals surface area (Å²) in [7, 11) is -3.46. The van der Waals surface area contributed by atoms with Crippen LogP contribution in [-0.2, 0) is 14.8 Å². The summed E-state index contributed by atoms with van der Waals surface area (Å²) in [5.74, 6) is 0. The summed E-state index contributed by atoms with van der Waals surface area (Å²) in [6.07, 6.45) is 1.13. The predicted molar refractivity (Wildman–Crippen MR) is 117 cm³/mol. The van der Waals surface area contributed by atoms with E-state index in [2.05, 4.69) is 16.7 Å². The first-order chi connectivity index (χ1) is 13.7. The van der Waals surface area contributed by atoms with Crippen molar-refractivity contribution in [1.29, 1.82) is 0 Å². The molecule has 29 heavy (non-hydrogen) atoms. The Morgan fingerprint density at radius 2 is 1.14 bits per heavy atom. The first-order valence-electron chi connectivity index (χ1n) is 10.8. The first-order valence-corrected chi connectivity index (χ1v) is 12.3. The van der Waals surface area contributed by atoms with Gasteiger partial charge in [0.05, 0.1) is 18.1 Å². The number of hydrogen-bond acceptors (Lipinski definition) is 5. The van der Waals surface area contributed by atoms with E-state index >= 15 is 0 Å². The molecule has 6 nitrogen and oxygen atoms in total. The molecule has 0 atom stereocenters. The fourth-order valence-corrected chi connectivity index (χ4v) is 6.50. The van der Waals surface area contributed by atoms with Crippen molar-refractivity contribution >= 4 is 10.0 Å². The molecule has 1 aromatic rings. The average Bonchev–Trinajstić information content (AvgIpc) is 2.72. The van der Waals surface area contributed by atoms with E-state index < -0.39 is 10.0 Å². The molecule has 2 saturated heterocycles. The molecule has 0 spiro atoms. The van der Waals surface area contributed by atoms with Crippen molar-refractivity contribution < 1.29 is 13.2 Å². The number of ether oxygens (including phenoxy) is 1. The largest absolute Gasteiger partial charge is 0.379 e. The predicted octanol–water partition coefficient (Wildman–Crippen LogP) is 2.26. The summed E-state index contributed by atoms with van der Waals surface area (Å²) in [5.41, 5.74) is 5.18. The highest BCUT2D eigenvalue weighted by molar-refractivity contribution is 7.89. The van der Waals surface area contributed by atoms with Crippen molar-refractivity contribution in [3.05, 3.63) is 27.8 Å². The van der Waals surface area contributed by atoms with Crippen molar-refractivity contribution in [2.24, 2.45) is 0 Å². The quantitative estimate of drug-likeness (QED) is 0.703. The number of sulfonamides is 1. The lowest BCUT2D eigenvalue weighted by atomic mass is 9.95. The Hall–Kier alpha value is -0.990. The normalized spacial score (nSPS) is 20.3. The van der Waals surface area contributed by atoms with E-state index in [-0.39, 0.29) is 0 Å². The van der Waals surface area contributed by atoms with E-state index in [0.717, 1.165) is 81.2 Å². The van der Waals surface area contributed by atoms with Gasteiger partial charge in [0.15, 0.2) is 0 Å². The smallest absolute Gasteiger partial charge is 0.243 e. The Labute approximate surface area is 176 Å². The zero-order valence-corrected chi connectivity index (χ0v) is 19.6. The molecule has 2 heterocycles. The zero-order chi connectivity index (χ0) is 21.2. The molecule has 0 N–H and O–H groups in total. The highest BCUT2D eigenvalue weighted by atomic mass is 32.2. The van der Waals surface area contributed by atoms with Gasteiger partial charge in [0.25, 0.3) is 0 Å². The lowest BCUT2D eigenvalue weighted by molar-refractivity contribution is 0.0356. The van der Waals surface area contributed by atoms with E-state index in [1.807, 2.05) is 27.7 Å². The van der Waals surface area contributed by atoms with Crippen LogP contribution in [0, 0.1) is 34.6 Å². The second-order valence-electron chi connectivity index (χ2n) is 8.51. The third-order valence-electron chi connectivity index (χ3n) is 6.91. The second-order valence-corrected chi connectivity index (χ2v) is 10.4. The summed E-state index contributed by atoms with van der Waals surface area (Å²) < 4.78 is 34.0. The van der Waals surface area contributed by atoms with E-state index in [1.165, 1.54) is 5.56 Å². The van der Waals surface area contributed by atoms with Crippen LogP contribution in [-0.4, -0.2) is 88.1 Å². The SMILES string of the molecule is Cc1c(C)c(C)c(S(=O)(=O)N2CCN(CCCN3CCOCC3)CC2)c(C)c1C. The van der Waals surface area contributed by atoms with Gasteiger partial charge in [-0.3, -0.25) is 4.90 Å². The molecule has 0 amide bonds. The minimum atomic E-state index is -3.46. The number of nitrogens with zero attached hydrogens (tertiary/aromatic N) is 3. The van der Waals surface area contributed by atoms with Gasteiger partial charge in [0.2, 0.25) is 10.0 Å². The number of rotatable bonds is 6. The molecule has 0 radical (unpaired) electrons. The molecule has 1 aromatic carbocycles. The Morgan fingerprint density at radius 3 is 1.66 bits per heavy atom. The second kappa shape index (κ2) is 9.43. The molecule has 0 saturated carbocycles. The van der Waals surface area contributed by atoms with Crippen molar-refractivity contribution in [2.45, 2.75) is 45.9 Å². The Bertz CT molecular complexity index is 795. The molecule has 0 unspecified atom stereocenters. The molecule has 0 aromatic heterocycles. The van der Waals surface area contributed by atoms with Crippen LogP contribution in [0.3, 0.4) is 0 Å². The van der Waals surface area contributed by atoms with Gasteiger partial charge in [-0.25, -0.2) is 8.42 Å². The van der Waals surface area contributed by atoms with Gasteiger partial charge in [-0.2, -0.15) is 4.31 Å². The molecular weight excluding hydrogens is 386 g/mol. The van der Waals surface area contributed by atoms with Crippen LogP contribution < -0.4 is 0 Å². The summed E-state index contributed by atoms with van der Waals surface area (Å²) in [6, 6.07) is 0. The van der Waals surface area contributed by atoms with Crippen LogP contribution in [0.4, 0.5) is 0 Å². The van der Waals surface area contributed by atoms with Gasteiger partial charge >= 0.3 is 0 Å². The third kappa shape index (κ3) is 4.85. The monoisotopic (exact) mass is 423 g/mol. The van der Waals surface area contributed by atoms with Crippen LogP contribution in [0.2, 0.25) is 0 Å². The first kappa shape index (κ1) is 22.7. The summed E-state index contributed by atoms with van der Waals surface area (Å²) in [6.45, 7) is 18.7. The van der Waals surface area contributed by atoms with Crippen molar-refractivity contribution in [3.8, 4) is 0 Å². The van der Waals surface area contributed by atoms with E-state index in [9.17, 15) is 8.42 Å². The van der Waals surface area contributed by atoms with Crippen molar-refractivity contribution in [2.75, 3.05) is 65.6 Å². The lowest BCUT2D eigenvalue weighted by Gasteiger charge is -2.35. The Kier molecular flexibility index (Phi) is 7.38. The summed E-state index contributed by atoms with van der Waals surface area (Å²) in [5, 5.41) is 0. The van der Waals surface area contributed by atoms with E-state index in [4.69, 9.17) is 4.74 Å². The lowest BCUT2D eigenvalue weighted by Crippen LogP contribution is -2.49. The van der Waals surface area contributed by atoms with E-state index in [1.54, 1.807) is 4.31 Å². The fourth-order valence-electron chi connectivity index (χ4n) is 4.52. The topological polar surface area (TPSA) is 53.1 Å². The maximum atomic E-state index is 13.5. The number of piperazine rings is 1. The highest BCUT2D eigenvalue weighted by Crippen LogP contribution is 2.31. The zero-order valence-electron chi connectivity index (χ0n) is 18.8. The molecule has 3 rings (SSSR count). The van der Waals surface area contributed by atoms with Crippen molar-refractivity contribution in [1.82, 2.24) is 14.1 Å². The number of hydrogen-bond donors (Lipinski definition) is 0. The number of benzene rings is 1. The molecule has 0 bridgehead atoms. The summed E-state index contributed by atoms with van der Waals surface area (Å²) in [4.78, 5) is 5.38. The minimum absolute atomic E-state index is 0.527. The molecule has 0 aliphatic carbocycles. The molecule has 2 fully saturated rings. The van der Waals surface area contributed by atoms with Gasteiger partial charge in [-0.05, 0) is 81.9 Å². The van der Waals surface area contributed by atoms with Gasteiger partial charge in [-0.1, -0.05) is 0 Å². The molecule has 2 aliphatic rings. The third-order valence-corrected chi connectivity index (χ3v) is 9.09. The van der Waals surface area contributed by atoms with Gasteiger partial charge in [-0.15, -0.1) is 0 Å². The van der Waals surface area contributed by atoms with Crippen LogP contribution in [0.5, 0.6) is 0 Å². The molecule has 2 aliphatic heterocycles. The standard InChI is InChI=1S/C22H37N3O3S/c1-17-18(2)20(4)22(21(5)19(17)3)29(26,27)25-11-9-23(10-12-25)7-6-8-24-13-15-28-16-14-24/h6-16H2,1-5H3. The molecule has 164 valence electrons. The molecular formula is C22H37N3O3S. The fraction of sp³-hybridized carbons (Fsp3) is 0.727. The summed E-state index contributed by atoms with van der Waals surface area (Å²) >= 11 is 0. The van der Waals surface area contributed by atoms with Crippen LogP contribution in [0.15, 0.2) is 4.90 Å². The van der Waals surface area contributed by atoms with Crippen LogP contribution in [0.1, 0.15) is 34.2 Å². The number of morpholine rings is 1. The molecule has 7 heteroatoms. The minimum Gasteiger partial charge on any atom is -0.379 e.